The van der Waals surface area contributed by atoms with Gasteiger partial charge < -0.3 is 0 Å². The van der Waals surface area contributed by atoms with Crippen molar-refractivity contribution < 1.29 is 0 Å². The first-order valence-corrected chi connectivity index (χ1v) is 5.96. The van der Waals surface area contributed by atoms with Gasteiger partial charge in [0.25, 0.3) is 0 Å². The quantitative estimate of drug-likeness (QED) is 0.620. The van der Waals surface area contributed by atoms with Crippen LogP contribution in [0.15, 0.2) is 54.6 Å². The molecule has 17 heavy (non-hydrogen) atoms. The lowest BCUT2D eigenvalue weighted by Gasteiger charge is -2.14. The molecule has 0 heterocycles. The molecule has 0 fully saturated rings. The molecular formula is C15H18N2. The summed E-state index contributed by atoms with van der Waals surface area (Å²) in [7, 11) is 0. The molecule has 0 aromatic heterocycles. The van der Waals surface area contributed by atoms with E-state index in [2.05, 4.69) is 60.9 Å². The highest BCUT2D eigenvalue weighted by molar-refractivity contribution is 5.63. The van der Waals surface area contributed by atoms with Crippen LogP contribution in [0.4, 0.5) is 0 Å². The van der Waals surface area contributed by atoms with Crippen LogP contribution in [0.1, 0.15) is 24.9 Å². The maximum absolute atomic E-state index is 5.51. The molecule has 3 N–H and O–H groups in total. The smallest absolute Gasteiger partial charge is 0.0457 e. The fourth-order valence-corrected chi connectivity index (χ4v) is 1.99. The number of nitrogens with two attached hydrogens (primary N) is 1. The van der Waals surface area contributed by atoms with Crippen LogP contribution >= 0.6 is 0 Å². The molecule has 0 saturated heterocycles. The van der Waals surface area contributed by atoms with Crippen LogP contribution < -0.4 is 11.3 Å². The molecule has 88 valence electrons. The average Bonchev–Trinajstić information content (AvgIpc) is 2.42. The Bertz CT molecular complexity index is 444. The Balaban J connectivity index is 2.24. The van der Waals surface area contributed by atoms with Gasteiger partial charge in [0.2, 0.25) is 0 Å². The van der Waals surface area contributed by atoms with E-state index in [0.717, 1.165) is 6.42 Å². The van der Waals surface area contributed by atoms with Crippen LogP contribution in [0.3, 0.4) is 0 Å². The van der Waals surface area contributed by atoms with E-state index >= 15 is 0 Å². The molecule has 2 aromatic carbocycles. The normalized spacial score (nSPS) is 12.4. The minimum Gasteiger partial charge on any atom is -0.271 e. The van der Waals surface area contributed by atoms with Gasteiger partial charge in [-0.05, 0) is 23.1 Å². The zero-order valence-corrected chi connectivity index (χ0v) is 10.1. The molecule has 1 atom stereocenters. The lowest BCUT2D eigenvalue weighted by Crippen LogP contribution is -2.27. The van der Waals surface area contributed by atoms with E-state index in [1.54, 1.807) is 0 Å². The molecule has 2 heteroatoms. The van der Waals surface area contributed by atoms with Gasteiger partial charge in [0.1, 0.15) is 0 Å². The van der Waals surface area contributed by atoms with Gasteiger partial charge in [-0.15, -0.1) is 0 Å². The van der Waals surface area contributed by atoms with Crippen LogP contribution in [-0.2, 0) is 0 Å². The maximum Gasteiger partial charge on any atom is 0.0457 e. The van der Waals surface area contributed by atoms with Crippen LogP contribution in [0, 0.1) is 0 Å². The summed E-state index contributed by atoms with van der Waals surface area (Å²) in [6, 6.07) is 19.2. The van der Waals surface area contributed by atoms with Crippen molar-refractivity contribution in [1.29, 1.82) is 0 Å². The fraction of sp³-hybridized carbons (Fsp3) is 0.200. The number of hydrogen-bond donors (Lipinski definition) is 2. The maximum atomic E-state index is 5.51. The first-order chi connectivity index (χ1) is 8.35. The molecule has 2 nitrogen and oxygen atoms in total. The number of hydrogen-bond acceptors (Lipinski definition) is 2. The lowest BCUT2D eigenvalue weighted by molar-refractivity contribution is 0.539. The molecule has 0 aliphatic rings. The van der Waals surface area contributed by atoms with Crippen molar-refractivity contribution in [2.75, 3.05) is 0 Å². The standard InChI is InChI=1S/C15H18N2/c1-2-15(17-16)14-10-8-13(9-11-14)12-6-4-3-5-7-12/h3-11,15,17H,2,16H2,1H3. The zero-order valence-electron chi connectivity index (χ0n) is 10.1. The van der Waals surface area contributed by atoms with Crippen molar-refractivity contribution >= 4 is 0 Å². The minimum absolute atomic E-state index is 0.236. The predicted molar refractivity (Wildman–Crippen MR) is 72.2 cm³/mol. The minimum atomic E-state index is 0.236. The molecular weight excluding hydrogens is 208 g/mol. The first kappa shape index (κ1) is 11.8. The predicted octanol–water partition coefficient (Wildman–Crippen LogP) is 3.27. The van der Waals surface area contributed by atoms with Crippen molar-refractivity contribution in [3.8, 4) is 11.1 Å². The number of hydrazine groups is 1. The summed E-state index contributed by atoms with van der Waals surface area (Å²) in [5, 5.41) is 0. The Morgan fingerprint density at radius 3 is 2.06 bits per heavy atom. The molecule has 0 saturated carbocycles. The third-order valence-electron chi connectivity index (χ3n) is 3.03. The fourth-order valence-electron chi connectivity index (χ4n) is 1.99. The van der Waals surface area contributed by atoms with Crippen molar-refractivity contribution in [3.05, 3.63) is 60.2 Å². The molecule has 1 unspecified atom stereocenters. The lowest BCUT2D eigenvalue weighted by atomic mass is 10.00. The first-order valence-electron chi connectivity index (χ1n) is 5.96. The topological polar surface area (TPSA) is 38.0 Å². The molecule has 0 aliphatic heterocycles. The van der Waals surface area contributed by atoms with Crippen molar-refractivity contribution in [1.82, 2.24) is 5.43 Å². The molecule has 0 radical (unpaired) electrons. The third-order valence-corrected chi connectivity index (χ3v) is 3.03. The van der Waals surface area contributed by atoms with E-state index < -0.39 is 0 Å². The summed E-state index contributed by atoms with van der Waals surface area (Å²) >= 11 is 0. The molecule has 2 rings (SSSR count). The van der Waals surface area contributed by atoms with Crippen LogP contribution in [0.25, 0.3) is 11.1 Å². The molecule has 2 aromatic rings. The van der Waals surface area contributed by atoms with Crippen LogP contribution in [0.2, 0.25) is 0 Å². The number of rotatable bonds is 4. The summed E-state index contributed by atoms with van der Waals surface area (Å²) in [6.07, 6.45) is 0.987. The zero-order chi connectivity index (χ0) is 12.1. The van der Waals surface area contributed by atoms with Crippen molar-refractivity contribution in [2.45, 2.75) is 19.4 Å². The van der Waals surface area contributed by atoms with E-state index in [1.165, 1.54) is 16.7 Å². The summed E-state index contributed by atoms with van der Waals surface area (Å²) in [4.78, 5) is 0. The Hall–Kier alpha value is -1.64. The molecule has 0 spiro atoms. The SMILES string of the molecule is CCC(NN)c1ccc(-c2ccccc2)cc1. The highest BCUT2D eigenvalue weighted by atomic mass is 15.2. The Morgan fingerprint density at radius 1 is 0.941 bits per heavy atom. The Morgan fingerprint density at radius 2 is 1.53 bits per heavy atom. The molecule has 0 aliphatic carbocycles. The van der Waals surface area contributed by atoms with Gasteiger partial charge >= 0.3 is 0 Å². The summed E-state index contributed by atoms with van der Waals surface area (Å²) < 4.78 is 0. The largest absolute Gasteiger partial charge is 0.271 e. The second-order valence-electron chi connectivity index (χ2n) is 4.12. The van der Waals surface area contributed by atoms with Gasteiger partial charge in [0, 0.05) is 6.04 Å². The van der Waals surface area contributed by atoms with Gasteiger partial charge in [0.15, 0.2) is 0 Å². The van der Waals surface area contributed by atoms with Crippen LogP contribution in [0.5, 0.6) is 0 Å². The van der Waals surface area contributed by atoms with Gasteiger partial charge in [-0.2, -0.15) is 0 Å². The Kier molecular flexibility index (Phi) is 3.91. The second-order valence-corrected chi connectivity index (χ2v) is 4.12. The third kappa shape index (κ3) is 2.73. The average molecular weight is 226 g/mol. The second kappa shape index (κ2) is 5.62. The number of benzene rings is 2. The summed E-state index contributed by atoms with van der Waals surface area (Å²) in [6.45, 7) is 2.12. The van der Waals surface area contributed by atoms with E-state index in [1.807, 2.05) is 6.07 Å². The summed E-state index contributed by atoms with van der Waals surface area (Å²) in [5.41, 5.74) is 6.54. The van der Waals surface area contributed by atoms with Gasteiger partial charge in [-0.1, -0.05) is 61.5 Å². The molecule has 0 amide bonds. The van der Waals surface area contributed by atoms with Gasteiger partial charge in [-0.25, -0.2) is 0 Å². The number of nitrogens with one attached hydrogen (secondary N) is 1. The van der Waals surface area contributed by atoms with Crippen LogP contribution in [-0.4, -0.2) is 0 Å². The van der Waals surface area contributed by atoms with Gasteiger partial charge in [0.05, 0.1) is 0 Å². The highest BCUT2D eigenvalue weighted by Crippen LogP contribution is 2.22. The summed E-state index contributed by atoms with van der Waals surface area (Å²) in [5.74, 6) is 5.51. The van der Waals surface area contributed by atoms with Gasteiger partial charge in [-0.3, -0.25) is 11.3 Å². The van der Waals surface area contributed by atoms with E-state index in [-0.39, 0.29) is 6.04 Å². The van der Waals surface area contributed by atoms with Crippen molar-refractivity contribution in [3.63, 3.8) is 0 Å². The van der Waals surface area contributed by atoms with Crippen molar-refractivity contribution in [2.24, 2.45) is 5.84 Å². The van der Waals surface area contributed by atoms with E-state index in [9.17, 15) is 0 Å². The van der Waals surface area contributed by atoms with E-state index in [0.29, 0.717) is 0 Å². The molecule has 0 bridgehead atoms. The Labute approximate surface area is 102 Å². The highest BCUT2D eigenvalue weighted by Gasteiger charge is 2.06. The monoisotopic (exact) mass is 226 g/mol. The van der Waals surface area contributed by atoms with E-state index in [4.69, 9.17) is 5.84 Å².